The van der Waals surface area contributed by atoms with Gasteiger partial charge in [0.1, 0.15) is 0 Å². The van der Waals surface area contributed by atoms with Crippen molar-refractivity contribution in [2.75, 3.05) is 7.11 Å². The Hall–Kier alpha value is -2.88. The Morgan fingerprint density at radius 2 is 1.87 bits per heavy atom. The van der Waals surface area contributed by atoms with E-state index < -0.39 is 5.97 Å². The smallest absolute Gasteiger partial charge is 0.338 e. The molecular weight excluding hydrogens is 374 g/mol. The highest BCUT2D eigenvalue weighted by atomic mass is 16.5. The van der Waals surface area contributed by atoms with Crippen LogP contribution in [0.5, 0.6) is 0 Å². The lowest BCUT2D eigenvalue weighted by Crippen LogP contribution is -2.22. The van der Waals surface area contributed by atoms with Crippen LogP contribution < -0.4 is 0 Å². The van der Waals surface area contributed by atoms with Crippen molar-refractivity contribution >= 4 is 22.7 Å². The number of esters is 1. The molecule has 1 unspecified atom stereocenters. The van der Waals surface area contributed by atoms with Crippen molar-refractivity contribution in [2.24, 2.45) is 5.92 Å². The van der Waals surface area contributed by atoms with Gasteiger partial charge in [0.05, 0.1) is 18.2 Å². The molecule has 0 amide bonds. The first kappa shape index (κ1) is 20.4. The monoisotopic (exact) mass is 403 g/mol. The first-order valence-electron chi connectivity index (χ1n) is 10.9. The summed E-state index contributed by atoms with van der Waals surface area (Å²) >= 11 is 0. The van der Waals surface area contributed by atoms with Crippen LogP contribution in [-0.4, -0.2) is 23.4 Å². The zero-order valence-corrected chi connectivity index (χ0v) is 17.8. The standard InChI is InChI=1S/C26H29NO3/c1-3-4-6-12-19-15-22-25(23(28)16-19)24-20(26(29)30-2)13-9-14-21(24)27(22)17-18-10-7-5-8-11-18/h5,7-11,13-14,19H,3-4,6,12,15-17H2,1-2H3. The number of ether oxygens (including phenoxy) is 1. The lowest BCUT2D eigenvalue weighted by molar-refractivity contribution is 0.0603. The summed E-state index contributed by atoms with van der Waals surface area (Å²) < 4.78 is 7.27. The van der Waals surface area contributed by atoms with Crippen LogP contribution in [-0.2, 0) is 17.7 Å². The van der Waals surface area contributed by atoms with Gasteiger partial charge in [0.2, 0.25) is 0 Å². The third-order valence-corrected chi connectivity index (χ3v) is 6.24. The molecule has 0 spiro atoms. The first-order valence-corrected chi connectivity index (χ1v) is 10.9. The summed E-state index contributed by atoms with van der Waals surface area (Å²) in [6, 6.07) is 15.9. The molecular formula is C26H29NO3. The minimum absolute atomic E-state index is 0.158. The molecule has 0 aliphatic heterocycles. The lowest BCUT2D eigenvalue weighted by Gasteiger charge is -2.24. The third kappa shape index (κ3) is 3.79. The van der Waals surface area contributed by atoms with Crippen LogP contribution in [0, 0.1) is 5.92 Å². The number of carbonyl (C=O) groups is 2. The van der Waals surface area contributed by atoms with E-state index in [1.807, 2.05) is 30.3 Å². The van der Waals surface area contributed by atoms with Gasteiger partial charge in [-0.25, -0.2) is 4.79 Å². The van der Waals surface area contributed by atoms with Gasteiger partial charge >= 0.3 is 5.97 Å². The first-order chi connectivity index (χ1) is 14.6. The summed E-state index contributed by atoms with van der Waals surface area (Å²) in [7, 11) is 1.39. The Kier molecular flexibility index (Phi) is 6.03. The summed E-state index contributed by atoms with van der Waals surface area (Å²) in [5.74, 6) is 0.140. The average Bonchev–Trinajstić information content (AvgIpc) is 3.08. The molecule has 1 aliphatic rings. The normalized spacial score (nSPS) is 15.9. The van der Waals surface area contributed by atoms with Gasteiger partial charge in [0.25, 0.3) is 0 Å². The molecule has 0 saturated heterocycles. The summed E-state index contributed by atoms with van der Waals surface area (Å²) in [5, 5.41) is 0.757. The average molecular weight is 404 g/mol. The number of nitrogens with zero attached hydrogens (tertiary/aromatic N) is 1. The predicted molar refractivity (Wildman–Crippen MR) is 119 cm³/mol. The van der Waals surface area contributed by atoms with Gasteiger partial charge < -0.3 is 9.30 Å². The number of Topliss-reactive ketones (excluding diaryl/α,β-unsaturated/α-hetero) is 1. The van der Waals surface area contributed by atoms with Crippen molar-refractivity contribution in [1.29, 1.82) is 0 Å². The number of methoxy groups -OCH3 is 1. The Bertz CT molecular complexity index is 1060. The van der Waals surface area contributed by atoms with Gasteiger partial charge in [-0.15, -0.1) is 0 Å². The predicted octanol–water partition coefficient (Wildman–Crippen LogP) is 5.80. The maximum atomic E-state index is 13.3. The molecule has 4 rings (SSSR count). The van der Waals surface area contributed by atoms with E-state index in [0.29, 0.717) is 24.4 Å². The number of benzene rings is 2. The number of hydrogen-bond acceptors (Lipinski definition) is 3. The summed E-state index contributed by atoms with van der Waals surface area (Å²) in [6.07, 6.45) is 6.08. The Labute approximate surface area is 177 Å². The van der Waals surface area contributed by atoms with Crippen LogP contribution in [0.15, 0.2) is 48.5 Å². The Morgan fingerprint density at radius 3 is 2.60 bits per heavy atom. The molecule has 2 aromatic carbocycles. The van der Waals surface area contributed by atoms with E-state index >= 15 is 0 Å². The Balaban J connectivity index is 1.85. The van der Waals surface area contributed by atoms with Crippen LogP contribution in [0.4, 0.5) is 0 Å². The summed E-state index contributed by atoms with van der Waals surface area (Å²) in [5.41, 5.74) is 4.41. The quantitative estimate of drug-likeness (QED) is 0.370. The van der Waals surface area contributed by atoms with E-state index in [4.69, 9.17) is 4.74 Å². The van der Waals surface area contributed by atoms with Crippen LogP contribution >= 0.6 is 0 Å². The van der Waals surface area contributed by atoms with Crippen molar-refractivity contribution in [1.82, 2.24) is 4.57 Å². The van der Waals surface area contributed by atoms with Crippen molar-refractivity contribution in [3.8, 4) is 0 Å². The third-order valence-electron chi connectivity index (χ3n) is 6.24. The second kappa shape index (κ2) is 8.86. The fourth-order valence-corrected chi connectivity index (χ4v) is 4.79. The van der Waals surface area contributed by atoms with Crippen LogP contribution in [0.25, 0.3) is 10.9 Å². The molecule has 1 aromatic heterocycles. The van der Waals surface area contributed by atoms with Gasteiger partial charge in [0.15, 0.2) is 5.78 Å². The summed E-state index contributed by atoms with van der Waals surface area (Å²) in [6.45, 7) is 2.89. The van der Waals surface area contributed by atoms with E-state index in [9.17, 15) is 9.59 Å². The number of rotatable bonds is 7. The van der Waals surface area contributed by atoms with Crippen molar-refractivity contribution in [2.45, 2.75) is 52.0 Å². The minimum Gasteiger partial charge on any atom is -0.465 e. The molecule has 1 atom stereocenters. The number of hydrogen-bond donors (Lipinski definition) is 0. The fourth-order valence-electron chi connectivity index (χ4n) is 4.79. The minimum atomic E-state index is -0.391. The van der Waals surface area contributed by atoms with Gasteiger partial charge in [-0.3, -0.25) is 4.79 Å². The highest BCUT2D eigenvalue weighted by Gasteiger charge is 2.33. The molecule has 4 nitrogen and oxygen atoms in total. The van der Waals surface area contributed by atoms with Crippen molar-refractivity contribution in [3.63, 3.8) is 0 Å². The zero-order valence-electron chi connectivity index (χ0n) is 17.8. The lowest BCUT2D eigenvalue weighted by atomic mass is 9.82. The van der Waals surface area contributed by atoms with Crippen molar-refractivity contribution < 1.29 is 14.3 Å². The fraction of sp³-hybridized carbons (Fsp3) is 0.385. The van der Waals surface area contributed by atoms with Gasteiger partial charge in [-0.05, 0) is 36.5 Å². The molecule has 0 bridgehead atoms. The van der Waals surface area contributed by atoms with Crippen LogP contribution in [0.1, 0.15) is 71.0 Å². The van der Waals surface area contributed by atoms with Gasteiger partial charge in [-0.1, -0.05) is 62.6 Å². The molecule has 4 heteroatoms. The number of aromatic nitrogens is 1. The molecule has 0 saturated carbocycles. The molecule has 0 N–H and O–H groups in total. The van der Waals surface area contributed by atoms with E-state index in [-0.39, 0.29) is 5.78 Å². The van der Waals surface area contributed by atoms with E-state index in [1.165, 1.54) is 25.5 Å². The highest BCUT2D eigenvalue weighted by Crippen LogP contribution is 2.38. The largest absolute Gasteiger partial charge is 0.465 e. The van der Waals surface area contributed by atoms with Gasteiger partial charge in [0, 0.05) is 29.6 Å². The molecule has 1 aliphatic carbocycles. The second-order valence-corrected chi connectivity index (χ2v) is 8.28. The molecule has 30 heavy (non-hydrogen) atoms. The van der Waals surface area contributed by atoms with Crippen LogP contribution in [0.2, 0.25) is 0 Å². The summed E-state index contributed by atoms with van der Waals surface area (Å²) in [4.78, 5) is 25.8. The number of ketones is 1. The SMILES string of the molecule is CCCCCC1CC(=O)c2c(n(Cc3ccccc3)c3cccc(C(=O)OC)c23)C1. The van der Waals surface area contributed by atoms with Gasteiger partial charge in [-0.2, -0.15) is 0 Å². The van der Waals surface area contributed by atoms with E-state index in [0.717, 1.165) is 41.4 Å². The molecule has 1 heterocycles. The van der Waals surface area contributed by atoms with E-state index in [1.54, 1.807) is 6.07 Å². The van der Waals surface area contributed by atoms with E-state index in [2.05, 4.69) is 23.6 Å². The molecule has 156 valence electrons. The topological polar surface area (TPSA) is 48.3 Å². The number of fused-ring (bicyclic) bond motifs is 3. The molecule has 0 fully saturated rings. The number of carbonyl (C=O) groups excluding carboxylic acids is 2. The Morgan fingerprint density at radius 1 is 1.07 bits per heavy atom. The maximum absolute atomic E-state index is 13.3. The second-order valence-electron chi connectivity index (χ2n) is 8.28. The highest BCUT2D eigenvalue weighted by molar-refractivity contribution is 6.16. The molecule has 0 radical (unpaired) electrons. The van der Waals surface area contributed by atoms with Crippen molar-refractivity contribution in [3.05, 3.63) is 70.9 Å². The maximum Gasteiger partial charge on any atom is 0.338 e. The zero-order chi connectivity index (χ0) is 21.1. The molecule has 3 aromatic rings. The van der Waals surface area contributed by atoms with Crippen LogP contribution in [0.3, 0.4) is 0 Å². The number of unbranched alkanes of at least 4 members (excludes halogenated alkanes) is 2.